The van der Waals surface area contributed by atoms with E-state index >= 15 is 0 Å². The van der Waals surface area contributed by atoms with Crippen LogP contribution in [0, 0.1) is 12.7 Å². The molecule has 9 nitrogen and oxygen atoms in total. The van der Waals surface area contributed by atoms with Crippen molar-refractivity contribution in [3.05, 3.63) is 48.1 Å². The van der Waals surface area contributed by atoms with Crippen molar-refractivity contribution >= 4 is 17.4 Å². The van der Waals surface area contributed by atoms with Gasteiger partial charge in [0.05, 0.1) is 23.6 Å². The van der Waals surface area contributed by atoms with Gasteiger partial charge in [-0.1, -0.05) is 0 Å². The number of hydrogen-bond acceptors (Lipinski definition) is 7. The third kappa shape index (κ3) is 2.67. The van der Waals surface area contributed by atoms with Gasteiger partial charge in [-0.05, 0) is 25.8 Å². The first-order valence-corrected chi connectivity index (χ1v) is 10.6. The minimum Gasteiger partial charge on any atom is -0.356 e. The first-order chi connectivity index (χ1) is 15.1. The second-order valence-electron chi connectivity index (χ2n) is 8.42. The molecule has 6 rings (SSSR count). The van der Waals surface area contributed by atoms with Crippen molar-refractivity contribution in [3.63, 3.8) is 0 Å². The number of carbonyl (C=O) groups is 1. The Morgan fingerprint density at radius 3 is 2.74 bits per heavy atom. The molecule has 31 heavy (non-hydrogen) atoms. The third-order valence-corrected chi connectivity index (χ3v) is 6.79. The highest BCUT2D eigenvalue weighted by molar-refractivity contribution is 5.88. The van der Waals surface area contributed by atoms with Gasteiger partial charge in [-0.25, -0.2) is 9.37 Å². The predicted octanol–water partition coefficient (Wildman–Crippen LogP) is 2.03. The predicted molar refractivity (Wildman–Crippen MR) is 108 cm³/mol. The van der Waals surface area contributed by atoms with E-state index < -0.39 is 11.4 Å². The van der Waals surface area contributed by atoms with Crippen LogP contribution in [-0.4, -0.2) is 60.3 Å². The molecule has 0 aliphatic carbocycles. The average Bonchev–Trinajstić information content (AvgIpc) is 3.44. The van der Waals surface area contributed by atoms with E-state index in [1.165, 1.54) is 10.7 Å². The summed E-state index contributed by atoms with van der Waals surface area (Å²) in [7, 11) is 0. The molecule has 6 heterocycles. The molecule has 0 radical (unpaired) electrons. The van der Waals surface area contributed by atoms with Gasteiger partial charge in [0.2, 0.25) is 0 Å². The van der Waals surface area contributed by atoms with Crippen molar-refractivity contribution in [1.29, 1.82) is 0 Å². The summed E-state index contributed by atoms with van der Waals surface area (Å²) in [6.45, 7) is 3.16. The molecule has 10 heteroatoms. The number of nitrogens with zero attached hydrogens (tertiary/aromatic N) is 7. The third-order valence-electron chi connectivity index (χ3n) is 6.79. The quantitative estimate of drug-likeness (QED) is 0.623. The number of anilines is 1. The average molecular weight is 423 g/mol. The molecule has 3 fully saturated rings. The van der Waals surface area contributed by atoms with E-state index in [9.17, 15) is 9.18 Å². The molecule has 3 aromatic rings. The second kappa shape index (κ2) is 6.68. The fourth-order valence-electron chi connectivity index (χ4n) is 5.25. The summed E-state index contributed by atoms with van der Waals surface area (Å²) in [6.07, 6.45) is 8.67. The second-order valence-corrected chi connectivity index (χ2v) is 8.42. The van der Waals surface area contributed by atoms with Crippen molar-refractivity contribution in [2.45, 2.75) is 50.5 Å². The number of fused-ring (bicyclic) bond motifs is 2. The Bertz CT molecular complexity index is 1170. The normalized spacial score (nSPS) is 25.0. The van der Waals surface area contributed by atoms with Crippen LogP contribution in [0.25, 0.3) is 5.65 Å². The van der Waals surface area contributed by atoms with Gasteiger partial charge in [-0.2, -0.15) is 9.61 Å². The Morgan fingerprint density at radius 2 is 1.94 bits per heavy atom. The van der Waals surface area contributed by atoms with Gasteiger partial charge in [-0.15, -0.1) is 0 Å². The Morgan fingerprint density at radius 1 is 1.13 bits per heavy atom. The molecular weight excluding hydrogens is 401 g/mol. The largest absolute Gasteiger partial charge is 0.356 e. The highest BCUT2D eigenvalue weighted by Gasteiger charge is 2.58. The molecule has 0 aromatic carbocycles. The van der Waals surface area contributed by atoms with Gasteiger partial charge >= 0.3 is 0 Å². The maximum atomic E-state index is 13.9. The summed E-state index contributed by atoms with van der Waals surface area (Å²) < 4.78 is 21.8. The molecular formula is C21H22FN7O2. The van der Waals surface area contributed by atoms with E-state index in [1.54, 1.807) is 18.6 Å². The van der Waals surface area contributed by atoms with Crippen LogP contribution in [0.3, 0.4) is 0 Å². The smallest absolute Gasteiger partial charge is 0.257 e. The number of halogens is 1. The number of piperidine rings is 1. The van der Waals surface area contributed by atoms with Crippen LogP contribution in [0.2, 0.25) is 0 Å². The Labute approximate surface area is 177 Å². The fraction of sp³-hybridized carbons (Fsp3) is 0.476. The molecule has 1 spiro atoms. The summed E-state index contributed by atoms with van der Waals surface area (Å²) >= 11 is 0. The molecule has 0 bridgehead atoms. The van der Waals surface area contributed by atoms with Gasteiger partial charge in [0.15, 0.2) is 17.1 Å². The van der Waals surface area contributed by atoms with Gasteiger partial charge in [0.1, 0.15) is 12.0 Å². The maximum absolute atomic E-state index is 13.9. The first-order valence-electron chi connectivity index (χ1n) is 10.6. The number of aromatic nitrogens is 5. The zero-order valence-electron chi connectivity index (χ0n) is 17.1. The van der Waals surface area contributed by atoms with Crippen LogP contribution >= 0.6 is 0 Å². The molecule has 160 valence electrons. The lowest BCUT2D eigenvalue weighted by molar-refractivity contribution is -0.140. The Balaban J connectivity index is 1.24. The van der Waals surface area contributed by atoms with Crippen molar-refractivity contribution in [2.24, 2.45) is 0 Å². The molecule has 3 aromatic heterocycles. The van der Waals surface area contributed by atoms with Crippen molar-refractivity contribution < 1.29 is 13.9 Å². The van der Waals surface area contributed by atoms with Crippen LogP contribution in [0.5, 0.6) is 0 Å². The van der Waals surface area contributed by atoms with Crippen molar-refractivity contribution in [2.75, 3.05) is 18.0 Å². The molecule has 3 aliphatic heterocycles. The van der Waals surface area contributed by atoms with Gasteiger partial charge in [0, 0.05) is 44.5 Å². The Kier molecular flexibility index (Phi) is 4.01. The van der Waals surface area contributed by atoms with Crippen molar-refractivity contribution in [3.8, 4) is 0 Å². The highest BCUT2D eigenvalue weighted by atomic mass is 19.1. The summed E-state index contributed by atoms with van der Waals surface area (Å²) in [5.41, 5.74) is 1.10. The van der Waals surface area contributed by atoms with Crippen LogP contribution in [0.1, 0.15) is 43.1 Å². The molecule has 0 N–H and O–H groups in total. The summed E-state index contributed by atoms with van der Waals surface area (Å²) in [6, 6.07) is 1.73. The maximum Gasteiger partial charge on any atom is 0.257 e. The SMILES string of the molecule is Cc1nccnc1[C@@H]1CC[C@H]2OC3(CCN(c4ccnc5c(F)cnn45)CC3)C(=O)N21. The van der Waals surface area contributed by atoms with Gasteiger partial charge in [0.25, 0.3) is 5.91 Å². The molecule has 1 amide bonds. The van der Waals surface area contributed by atoms with Crippen LogP contribution in [0.15, 0.2) is 30.9 Å². The standard InChI is InChI=1S/C21H22FN7O2/c1-13-18(24-9-8-23-13)15-2-3-17-28(15)20(30)21(31-17)5-10-27(11-6-21)16-4-7-25-19-14(22)12-26-29(16)19/h4,7-9,12,15,17H,2-3,5-6,10-11H2,1H3/t15-,17+/m0/s1. The molecule has 0 unspecified atom stereocenters. The van der Waals surface area contributed by atoms with Crippen LogP contribution in [-0.2, 0) is 9.53 Å². The van der Waals surface area contributed by atoms with E-state index in [4.69, 9.17) is 4.74 Å². The zero-order valence-corrected chi connectivity index (χ0v) is 17.1. The number of amides is 1. The minimum atomic E-state index is -0.808. The summed E-state index contributed by atoms with van der Waals surface area (Å²) in [5.74, 6) is 0.369. The highest BCUT2D eigenvalue weighted by Crippen LogP contribution is 2.47. The van der Waals surface area contributed by atoms with Crippen molar-refractivity contribution in [1.82, 2.24) is 29.5 Å². The van der Waals surface area contributed by atoms with Crippen LogP contribution in [0.4, 0.5) is 10.2 Å². The number of carbonyl (C=O) groups excluding carboxylic acids is 1. The van der Waals surface area contributed by atoms with E-state index in [0.717, 1.165) is 30.0 Å². The lowest BCUT2D eigenvalue weighted by Gasteiger charge is -2.38. The van der Waals surface area contributed by atoms with Gasteiger partial charge in [-0.3, -0.25) is 14.8 Å². The van der Waals surface area contributed by atoms with E-state index in [-0.39, 0.29) is 23.8 Å². The zero-order chi connectivity index (χ0) is 21.2. The van der Waals surface area contributed by atoms with E-state index in [0.29, 0.717) is 25.9 Å². The summed E-state index contributed by atoms with van der Waals surface area (Å²) in [5, 5.41) is 4.11. The minimum absolute atomic E-state index is 0.0507. The lowest BCUT2D eigenvalue weighted by Crippen LogP contribution is -2.50. The molecule has 3 aliphatic rings. The van der Waals surface area contributed by atoms with E-state index in [1.807, 2.05) is 17.9 Å². The van der Waals surface area contributed by atoms with Crippen LogP contribution < -0.4 is 4.90 Å². The number of ether oxygens (including phenoxy) is 1. The molecule has 2 atom stereocenters. The number of rotatable bonds is 2. The topological polar surface area (TPSA) is 88.7 Å². The number of aryl methyl sites for hydroxylation is 1. The summed E-state index contributed by atoms with van der Waals surface area (Å²) in [4.78, 5) is 30.5. The monoisotopic (exact) mass is 423 g/mol. The molecule has 3 saturated heterocycles. The lowest BCUT2D eigenvalue weighted by atomic mass is 9.89. The Hall–Kier alpha value is -3.14. The molecule has 0 saturated carbocycles. The number of hydrogen-bond donors (Lipinski definition) is 0. The van der Waals surface area contributed by atoms with Gasteiger partial charge < -0.3 is 14.5 Å². The fourth-order valence-corrected chi connectivity index (χ4v) is 5.25. The first kappa shape index (κ1) is 18.6. The van der Waals surface area contributed by atoms with E-state index in [2.05, 4.69) is 25.0 Å².